The second-order valence-corrected chi connectivity index (χ2v) is 11.8. The molecule has 1 fully saturated rings. The third kappa shape index (κ3) is 5.27. The highest BCUT2D eigenvalue weighted by atomic mass is 79.9. The van der Waals surface area contributed by atoms with Crippen LogP contribution in [0.1, 0.15) is 35.7 Å². The Bertz CT molecular complexity index is 1860. The molecule has 0 unspecified atom stereocenters. The maximum absolute atomic E-state index is 13.6. The third-order valence-corrected chi connectivity index (χ3v) is 8.92. The normalized spacial score (nSPS) is 14.7. The number of nitrogens with zero attached hydrogens (tertiary/aromatic N) is 4. The van der Waals surface area contributed by atoms with Crippen LogP contribution >= 0.6 is 15.9 Å². The van der Waals surface area contributed by atoms with E-state index in [1.807, 2.05) is 18.2 Å². The van der Waals surface area contributed by atoms with Crippen molar-refractivity contribution in [3.05, 3.63) is 112 Å². The van der Waals surface area contributed by atoms with E-state index in [-0.39, 0.29) is 5.82 Å². The number of aryl methyl sites for hydroxylation is 1. The summed E-state index contributed by atoms with van der Waals surface area (Å²) in [5.41, 5.74) is 9.68. The second kappa shape index (κ2) is 10.8. The zero-order valence-electron chi connectivity index (χ0n) is 22.7. The largest absolute Gasteiger partial charge is 0.342 e. The van der Waals surface area contributed by atoms with Gasteiger partial charge in [-0.2, -0.15) is 0 Å². The second-order valence-electron chi connectivity index (χ2n) is 10.9. The minimum absolute atomic E-state index is 0.236. The van der Waals surface area contributed by atoms with Gasteiger partial charge in [-0.05, 0) is 74.3 Å². The van der Waals surface area contributed by atoms with Crippen LogP contribution < -0.4 is 0 Å². The zero-order valence-corrected chi connectivity index (χ0v) is 24.3. The molecule has 1 aliphatic rings. The van der Waals surface area contributed by atoms with Crippen LogP contribution in [-0.4, -0.2) is 37.9 Å². The highest BCUT2D eigenvalue weighted by molar-refractivity contribution is 9.10. The first-order chi connectivity index (χ1) is 20.0. The molecule has 0 atom stereocenters. The Hall–Kier alpha value is -3.94. The van der Waals surface area contributed by atoms with Gasteiger partial charge in [-0.15, -0.1) is 0 Å². The van der Waals surface area contributed by atoms with E-state index in [2.05, 4.69) is 81.3 Å². The summed E-state index contributed by atoms with van der Waals surface area (Å²) in [7, 11) is 0. The number of imidazole rings is 1. The number of piperidine rings is 1. The van der Waals surface area contributed by atoms with Crippen LogP contribution in [0, 0.1) is 12.7 Å². The highest BCUT2D eigenvalue weighted by Gasteiger charge is 2.23. The van der Waals surface area contributed by atoms with Crippen molar-refractivity contribution in [2.24, 2.45) is 0 Å². The van der Waals surface area contributed by atoms with Crippen molar-refractivity contribution in [1.29, 1.82) is 0 Å². The van der Waals surface area contributed by atoms with E-state index < -0.39 is 0 Å². The molecule has 4 aromatic carbocycles. The molecule has 204 valence electrons. The van der Waals surface area contributed by atoms with E-state index in [1.165, 1.54) is 17.7 Å². The van der Waals surface area contributed by atoms with Crippen molar-refractivity contribution in [2.45, 2.75) is 32.2 Å². The molecular formula is C34H29BrFN5. The molecule has 0 aliphatic carbocycles. The molecular weight excluding hydrogens is 577 g/mol. The van der Waals surface area contributed by atoms with Crippen molar-refractivity contribution >= 4 is 38.0 Å². The van der Waals surface area contributed by atoms with Crippen molar-refractivity contribution in [3.63, 3.8) is 0 Å². The minimum atomic E-state index is -0.236. The zero-order chi connectivity index (χ0) is 27.9. The van der Waals surface area contributed by atoms with Crippen molar-refractivity contribution < 1.29 is 4.39 Å². The van der Waals surface area contributed by atoms with Crippen LogP contribution in [0.5, 0.6) is 0 Å². The van der Waals surface area contributed by atoms with Crippen LogP contribution in [0.15, 0.2) is 89.4 Å². The lowest BCUT2D eigenvalue weighted by molar-refractivity contribution is 0.202. The van der Waals surface area contributed by atoms with E-state index in [4.69, 9.17) is 15.0 Å². The molecule has 6 aromatic rings. The number of aromatic nitrogens is 4. The van der Waals surface area contributed by atoms with Gasteiger partial charge >= 0.3 is 0 Å². The van der Waals surface area contributed by atoms with Crippen LogP contribution in [0.2, 0.25) is 0 Å². The fourth-order valence-electron chi connectivity index (χ4n) is 5.77. The Morgan fingerprint density at radius 3 is 2.22 bits per heavy atom. The van der Waals surface area contributed by atoms with Gasteiger partial charge in [0.05, 0.1) is 33.5 Å². The van der Waals surface area contributed by atoms with Gasteiger partial charge in [0.1, 0.15) is 11.6 Å². The van der Waals surface area contributed by atoms with E-state index in [9.17, 15) is 4.39 Å². The van der Waals surface area contributed by atoms with Gasteiger partial charge in [0.2, 0.25) is 0 Å². The Morgan fingerprint density at radius 1 is 0.805 bits per heavy atom. The summed E-state index contributed by atoms with van der Waals surface area (Å²) in [5.74, 6) is 1.11. The molecule has 2 aromatic heterocycles. The van der Waals surface area contributed by atoms with Crippen molar-refractivity contribution in [1.82, 2.24) is 24.8 Å². The minimum Gasteiger partial charge on any atom is -0.342 e. The Kier molecular flexibility index (Phi) is 6.85. The van der Waals surface area contributed by atoms with Gasteiger partial charge in [-0.3, -0.25) is 4.90 Å². The molecule has 0 bridgehead atoms. The number of benzene rings is 4. The number of rotatable bonds is 5. The van der Waals surface area contributed by atoms with E-state index in [0.717, 1.165) is 92.9 Å². The number of hydrogen-bond acceptors (Lipinski definition) is 4. The monoisotopic (exact) mass is 605 g/mol. The number of aromatic amines is 1. The fraction of sp³-hybridized carbons (Fsp3) is 0.206. The lowest BCUT2D eigenvalue weighted by Crippen LogP contribution is -2.32. The van der Waals surface area contributed by atoms with Gasteiger partial charge in [0.25, 0.3) is 0 Å². The molecule has 0 spiro atoms. The first-order valence-electron chi connectivity index (χ1n) is 14.0. The number of halogens is 2. The third-order valence-electron chi connectivity index (χ3n) is 8.06. The van der Waals surface area contributed by atoms with Gasteiger partial charge in [-0.25, -0.2) is 19.3 Å². The summed E-state index contributed by atoms with van der Waals surface area (Å²) in [5, 5.41) is 0. The van der Waals surface area contributed by atoms with Crippen molar-refractivity contribution in [2.75, 3.05) is 13.1 Å². The summed E-state index contributed by atoms with van der Waals surface area (Å²) in [6.45, 7) is 4.98. The number of fused-ring (bicyclic) bond motifs is 2. The van der Waals surface area contributed by atoms with E-state index >= 15 is 0 Å². The summed E-state index contributed by atoms with van der Waals surface area (Å²) in [4.78, 5) is 20.7. The highest BCUT2D eigenvalue weighted by Crippen LogP contribution is 2.33. The molecule has 0 radical (unpaired) electrons. The maximum Gasteiger partial charge on any atom is 0.125 e. The molecule has 0 saturated carbocycles. The SMILES string of the molecule is Cc1cc2nc(-c3ccccc3)c(-c3ccc(CN4CCC(c5nc6ccc(F)cc6[nH]5)CC4)cc3)nc2cc1Br. The molecule has 1 aliphatic heterocycles. The van der Waals surface area contributed by atoms with Crippen LogP contribution in [0.4, 0.5) is 4.39 Å². The first-order valence-corrected chi connectivity index (χ1v) is 14.8. The quantitative estimate of drug-likeness (QED) is 0.214. The average molecular weight is 607 g/mol. The fourth-order valence-corrected chi connectivity index (χ4v) is 6.10. The Balaban J connectivity index is 1.09. The van der Waals surface area contributed by atoms with Gasteiger partial charge in [0, 0.05) is 28.1 Å². The lowest BCUT2D eigenvalue weighted by atomic mass is 9.95. The number of H-pyrrole nitrogens is 1. The molecule has 7 rings (SSSR count). The van der Waals surface area contributed by atoms with E-state index in [0.29, 0.717) is 5.92 Å². The molecule has 7 heteroatoms. The summed E-state index contributed by atoms with van der Waals surface area (Å²) in [6.07, 6.45) is 2.06. The Labute approximate surface area is 246 Å². The number of likely N-dealkylation sites (tertiary alicyclic amines) is 1. The van der Waals surface area contributed by atoms with Gasteiger partial charge in [0.15, 0.2) is 0 Å². The van der Waals surface area contributed by atoms with E-state index in [1.54, 1.807) is 6.07 Å². The van der Waals surface area contributed by atoms with Crippen LogP contribution in [0.3, 0.4) is 0 Å². The number of nitrogens with one attached hydrogen (secondary N) is 1. The average Bonchev–Trinajstić information content (AvgIpc) is 3.42. The summed E-state index contributed by atoms with van der Waals surface area (Å²) < 4.78 is 14.6. The smallest absolute Gasteiger partial charge is 0.125 e. The predicted molar refractivity (Wildman–Crippen MR) is 166 cm³/mol. The van der Waals surface area contributed by atoms with Gasteiger partial charge < -0.3 is 4.98 Å². The molecule has 41 heavy (non-hydrogen) atoms. The lowest BCUT2D eigenvalue weighted by Gasteiger charge is -2.31. The maximum atomic E-state index is 13.6. The van der Waals surface area contributed by atoms with Crippen LogP contribution in [0.25, 0.3) is 44.6 Å². The molecule has 3 heterocycles. The molecule has 5 nitrogen and oxygen atoms in total. The topological polar surface area (TPSA) is 57.7 Å². The predicted octanol–water partition coefficient (Wildman–Crippen LogP) is 8.43. The first kappa shape index (κ1) is 26.0. The van der Waals surface area contributed by atoms with Gasteiger partial charge in [-0.1, -0.05) is 70.5 Å². The molecule has 1 N–H and O–H groups in total. The summed E-state index contributed by atoms with van der Waals surface area (Å²) >= 11 is 3.65. The Morgan fingerprint density at radius 2 is 1.49 bits per heavy atom. The van der Waals surface area contributed by atoms with Crippen LogP contribution in [-0.2, 0) is 6.54 Å². The molecule has 1 saturated heterocycles. The molecule has 0 amide bonds. The summed E-state index contributed by atoms with van der Waals surface area (Å²) in [6, 6.07) is 27.9. The standard InChI is InChI=1S/C34H29BrFN5/c1-21-17-29-31(19-27(21)35)38-33(32(37-29)23-5-3-2-4-6-23)24-9-7-22(8-10-24)20-41-15-13-25(14-16-41)34-39-28-12-11-26(36)18-30(28)40-34/h2-12,17-19,25H,13-16,20H2,1H3,(H,39,40). The van der Waals surface area contributed by atoms with Crippen molar-refractivity contribution in [3.8, 4) is 22.5 Å². The number of hydrogen-bond donors (Lipinski definition) is 1.